The van der Waals surface area contributed by atoms with E-state index in [9.17, 15) is 0 Å². The van der Waals surface area contributed by atoms with Crippen LogP contribution in [0.5, 0.6) is 0 Å². The first kappa shape index (κ1) is 12.7. The standard InChI is InChI=1S/C13H18N4O/c1-8(2)10(14)7-12-16-13(17-18-12)11-6-9(3)4-5-15-11/h4-6,8,10H,7,14H2,1-3H3. The molecule has 18 heavy (non-hydrogen) atoms. The summed E-state index contributed by atoms with van der Waals surface area (Å²) in [5.74, 6) is 1.47. The summed E-state index contributed by atoms with van der Waals surface area (Å²) < 4.78 is 5.20. The Balaban J connectivity index is 2.15. The molecule has 0 saturated heterocycles. The van der Waals surface area contributed by atoms with Crippen molar-refractivity contribution in [2.75, 3.05) is 0 Å². The molecule has 0 spiro atoms. The average Bonchev–Trinajstić information content (AvgIpc) is 2.77. The molecule has 0 aromatic carbocycles. The number of aryl methyl sites for hydroxylation is 1. The van der Waals surface area contributed by atoms with Crippen molar-refractivity contribution in [2.24, 2.45) is 11.7 Å². The van der Waals surface area contributed by atoms with Gasteiger partial charge in [-0.05, 0) is 30.5 Å². The Kier molecular flexibility index (Phi) is 3.72. The van der Waals surface area contributed by atoms with Crippen LogP contribution in [0.25, 0.3) is 11.5 Å². The third-order valence-corrected chi connectivity index (χ3v) is 2.88. The molecular formula is C13H18N4O. The monoisotopic (exact) mass is 246 g/mol. The zero-order valence-electron chi connectivity index (χ0n) is 10.9. The Labute approximate surface area is 106 Å². The van der Waals surface area contributed by atoms with Crippen molar-refractivity contribution in [1.29, 1.82) is 0 Å². The Morgan fingerprint density at radius 1 is 1.39 bits per heavy atom. The maximum atomic E-state index is 5.98. The molecule has 0 bridgehead atoms. The van der Waals surface area contributed by atoms with Crippen molar-refractivity contribution in [3.8, 4) is 11.5 Å². The first-order valence-electron chi connectivity index (χ1n) is 6.07. The molecule has 0 aliphatic carbocycles. The van der Waals surface area contributed by atoms with E-state index in [1.165, 1.54) is 0 Å². The Hall–Kier alpha value is -1.75. The van der Waals surface area contributed by atoms with Crippen LogP contribution in [0.15, 0.2) is 22.9 Å². The molecule has 0 amide bonds. The lowest BCUT2D eigenvalue weighted by Gasteiger charge is -2.11. The maximum Gasteiger partial charge on any atom is 0.228 e. The van der Waals surface area contributed by atoms with E-state index in [4.69, 9.17) is 10.3 Å². The quantitative estimate of drug-likeness (QED) is 0.892. The second kappa shape index (κ2) is 5.27. The zero-order chi connectivity index (χ0) is 13.1. The molecule has 2 N–H and O–H groups in total. The molecule has 1 atom stereocenters. The lowest BCUT2D eigenvalue weighted by Crippen LogP contribution is -2.28. The van der Waals surface area contributed by atoms with Gasteiger partial charge >= 0.3 is 0 Å². The highest BCUT2D eigenvalue weighted by Gasteiger charge is 2.15. The Bertz CT molecular complexity index is 521. The molecule has 2 aromatic heterocycles. The normalized spacial score (nSPS) is 12.9. The van der Waals surface area contributed by atoms with E-state index >= 15 is 0 Å². The van der Waals surface area contributed by atoms with Gasteiger partial charge in [-0.2, -0.15) is 4.98 Å². The number of nitrogens with zero attached hydrogens (tertiary/aromatic N) is 3. The lowest BCUT2D eigenvalue weighted by atomic mass is 10.0. The molecular weight excluding hydrogens is 228 g/mol. The van der Waals surface area contributed by atoms with Crippen LogP contribution < -0.4 is 5.73 Å². The predicted octanol–water partition coefficient (Wildman–Crippen LogP) is 1.97. The first-order valence-corrected chi connectivity index (χ1v) is 6.07. The van der Waals surface area contributed by atoms with Crippen molar-refractivity contribution >= 4 is 0 Å². The number of pyridine rings is 1. The molecule has 0 radical (unpaired) electrons. The Morgan fingerprint density at radius 3 is 2.83 bits per heavy atom. The van der Waals surface area contributed by atoms with Gasteiger partial charge in [-0.15, -0.1) is 0 Å². The van der Waals surface area contributed by atoms with Gasteiger partial charge in [-0.1, -0.05) is 19.0 Å². The molecule has 0 saturated carbocycles. The Morgan fingerprint density at radius 2 is 2.17 bits per heavy atom. The van der Waals surface area contributed by atoms with Crippen LogP contribution in [0.3, 0.4) is 0 Å². The molecule has 2 heterocycles. The van der Waals surface area contributed by atoms with Crippen LogP contribution in [-0.4, -0.2) is 21.2 Å². The zero-order valence-corrected chi connectivity index (χ0v) is 10.9. The van der Waals surface area contributed by atoms with Gasteiger partial charge in [0.2, 0.25) is 11.7 Å². The number of hydrogen-bond acceptors (Lipinski definition) is 5. The fourth-order valence-corrected chi connectivity index (χ4v) is 1.54. The molecule has 96 valence electrons. The summed E-state index contributed by atoms with van der Waals surface area (Å²) >= 11 is 0. The predicted molar refractivity (Wildman–Crippen MR) is 68.8 cm³/mol. The second-order valence-electron chi connectivity index (χ2n) is 4.84. The number of nitrogens with two attached hydrogens (primary N) is 1. The summed E-state index contributed by atoms with van der Waals surface area (Å²) in [5.41, 5.74) is 7.82. The molecule has 2 rings (SSSR count). The second-order valence-corrected chi connectivity index (χ2v) is 4.84. The molecule has 1 unspecified atom stereocenters. The summed E-state index contributed by atoms with van der Waals surface area (Å²) in [6.45, 7) is 6.15. The largest absolute Gasteiger partial charge is 0.339 e. The highest BCUT2D eigenvalue weighted by molar-refractivity contribution is 5.48. The SMILES string of the molecule is Cc1ccnc(-c2noc(CC(N)C(C)C)n2)c1. The van der Waals surface area contributed by atoms with Crippen LogP contribution >= 0.6 is 0 Å². The van der Waals surface area contributed by atoms with E-state index in [1.807, 2.05) is 19.1 Å². The van der Waals surface area contributed by atoms with E-state index in [0.717, 1.165) is 11.3 Å². The van der Waals surface area contributed by atoms with Gasteiger partial charge in [0.25, 0.3) is 0 Å². The minimum absolute atomic E-state index is 0.0313. The highest BCUT2D eigenvalue weighted by atomic mass is 16.5. The summed E-state index contributed by atoms with van der Waals surface area (Å²) in [6, 6.07) is 3.89. The summed E-state index contributed by atoms with van der Waals surface area (Å²) in [7, 11) is 0. The van der Waals surface area contributed by atoms with Crippen molar-refractivity contribution in [1.82, 2.24) is 15.1 Å². The van der Waals surface area contributed by atoms with E-state index in [2.05, 4.69) is 29.0 Å². The van der Waals surface area contributed by atoms with Gasteiger partial charge in [-0.25, -0.2) is 0 Å². The summed E-state index contributed by atoms with van der Waals surface area (Å²) in [5, 5.41) is 3.94. The van der Waals surface area contributed by atoms with Gasteiger partial charge in [0.05, 0.1) is 0 Å². The van der Waals surface area contributed by atoms with Gasteiger partial charge in [0.15, 0.2) is 0 Å². The maximum absolute atomic E-state index is 5.98. The van der Waals surface area contributed by atoms with Crippen molar-refractivity contribution in [3.63, 3.8) is 0 Å². The number of aromatic nitrogens is 3. The van der Waals surface area contributed by atoms with Crippen LogP contribution in [-0.2, 0) is 6.42 Å². The lowest BCUT2D eigenvalue weighted by molar-refractivity contribution is 0.353. The van der Waals surface area contributed by atoms with Crippen LogP contribution in [0.4, 0.5) is 0 Å². The smallest absolute Gasteiger partial charge is 0.228 e. The molecule has 0 fully saturated rings. The molecule has 0 aliphatic heterocycles. The van der Waals surface area contributed by atoms with E-state index in [-0.39, 0.29) is 6.04 Å². The molecule has 5 nitrogen and oxygen atoms in total. The molecule has 2 aromatic rings. The summed E-state index contributed by atoms with van der Waals surface area (Å²) in [4.78, 5) is 8.54. The molecule has 5 heteroatoms. The van der Waals surface area contributed by atoms with Crippen LogP contribution in [0, 0.1) is 12.8 Å². The van der Waals surface area contributed by atoms with Crippen molar-refractivity contribution in [2.45, 2.75) is 33.2 Å². The number of hydrogen-bond donors (Lipinski definition) is 1. The van der Waals surface area contributed by atoms with E-state index in [0.29, 0.717) is 24.1 Å². The third-order valence-electron chi connectivity index (χ3n) is 2.88. The highest BCUT2D eigenvalue weighted by Crippen LogP contribution is 2.15. The minimum atomic E-state index is 0.0313. The fourth-order valence-electron chi connectivity index (χ4n) is 1.54. The van der Waals surface area contributed by atoms with Crippen LogP contribution in [0.2, 0.25) is 0 Å². The van der Waals surface area contributed by atoms with Gasteiger partial charge in [0.1, 0.15) is 5.69 Å². The summed E-state index contributed by atoms with van der Waals surface area (Å²) in [6.07, 6.45) is 2.33. The fraction of sp³-hybridized carbons (Fsp3) is 0.462. The van der Waals surface area contributed by atoms with Gasteiger partial charge in [0, 0.05) is 18.7 Å². The van der Waals surface area contributed by atoms with Gasteiger partial charge < -0.3 is 10.3 Å². The van der Waals surface area contributed by atoms with Crippen LogP contribution in [0.1, 0.15) is 25.3 Å². The topological polar surface area (TPSA) is 77.8 Å². The minimum Gasteiger partial charge on any atom is -0.339 e. The third kappa shape index (κ3) is 2.92. The van der Waals surface area contributed by atoms with E-state index < -0.39 is 0 Å². The van der Waals surface area contributed by atoms with E-state index in [1.54, 1.807) is 6.20 Å². The molecule has 0 aliphatic rings. The number of rotatable bonds is 4. The van der Waals surface area contributed by atoms with Crippen molar-refractivity contribution < 1.29 is 4.52 Å². The average molecular weight is 246 g/mol. The van der Waals surface area contributed by atoms with Gasteiger partial charge in [-0.3, -0.25) is 4.98 Å². The van der Waals surface area contributed by atoms with Crippen molar-refractivity contribution in [3.05, 3.63) is 29.8 Å². The first-order chi connectivity index (χ1) is 8.56.